The summed E-state index contributed by atoms with van der Waals surface area (Å²) < 4.78 is 38.0. The molecule has 0 unspecified atom stereocenters. The van der Waals surface area contributed by atoms with E-state index in [2.05, 4.69) is 0 Å². The molecule has 0 atom stereocenters. The van der Waals surface area contributed by atoms with E-state index in [9.17, 15) is 22.8 Å². The Kier molecular flexibility index (Phi) is 5.65. The monoisotopic (exact) mass is 403 g/mol. The number of hydrogen-bond donors (Lipinski definition) is 0. The molecule has 7 heteroatoms. The first-order chi connectivity index (χ1) is 13.3. The van der Waals surface area contributed by atoms with Gasteiger partial charge in [-0.2, -0.15) is 13.2 Å². The van der Waals surface area contributed by atoms with E-state index in [-0.39, 0.29) is 23.8 Å². The van der Waals surface area contributed by atoms with Gasteiger partial charge in [-0.3, -0.25) is 9.59 Å². The Labute approximate surface area is 164 Å². The van der Waals surface area contributed by atoms with Crippen molar-refractivity contribution < 1.29 is 22.8 Å². The van der Waals surface area contributed by atoms with E-state index >= 15 is 0 Å². The summed E-state index contributed by atoms with van der Waals surface area (Å²) in [5.41, 5.74) is 0.382. The number of nitrogens with zero attached hydrogens (tertiary/aromatic N) is 1. The van der Waals surface area contributed by atoms with Gasteiger partial charge in [-0.05, 0) is 35.2 Å². The molecule has 3 aromatic rings. The van der Waals surface area contributed by atoms with Crippen LogP contribution >= 0.6 is 11.3 Å². The summed E-state index contributed by atoms with van der Waals surface area (Å²) in [7, 11) is 1.55. The summed E-state index contributed by atoms with van der Waals surface area (Å²) in [5.74, 6) is -0.609. The standard InChI is InChI=1S/C21H16F3NO2S/c1-25(13-14-8-10-15(11-9-14)21(22,23)24)20(27)17-6-3-2-5-16(17)19(26)18-7-4-12-28-18/h2-12H,13H2,1H3. The second-order valence-electron chi connectivity index (χ2n) is 6.21. The summed E-state index contributed by atoms with van der Waals surface area (Å²) >= 11 is 1.29. The molecule has 0 bridgehead atoms. The molecule has 0 aliphatic rings. The quantitative estimate of drug-likeness (QED) is 0.544. The van der Waals surface area contributed by atoms with Crippen molar-refractivity contribution in [2.24, 2.45) is 0 Å². The third-order valence-electron chi connectivity index (χ3n) is 4.19. The number of halogens is 3. The van der Waals surface area contributed by atoms with Gasteiger partial charge >= 0.3 is 6.18 Å². The number of carbonyl (C=O) groups is 2. The fourth-order valence-corrected chi connectivity index (χ4v) is 3.44. The first kappa shape index (κ1) is 19.8. The molecule has 0 aliphatic heterocycles. The lowest BCUT2D eigenvalue weighted by Crippen LogP contribution is -2.27. The van der Waals surface area contributed by atoms with Crippen molar-refractivity contribution >= 4 is 23.0 Å². The second kappa shape index (κ2) is 7.98. The third-order valence-corrected chi connectivity index (χ3v) is 5.06. The third kappa shape index (κ3) is 4.31. The molecule has 1 heterocycles. The highest BCUT2D eigenvalue weighted by Gasteiger charge is 2.30. The van der Waals surface area contributed by atoms with Crippen LogP contribution in [-0.4, -0.2) is 23.6 Å². The van der Waals surface area contributed by atoms with Crippen LogP contribution in [0.15, 0.2) is 66.0 Å². The Bertz CT molecular complexity index is 980. The van der Waals surface area contributed by atoms with Gasteiger partial charge < -0.3 is 4.90 Å². The molecule has 3 nitrogen and oxygen atoms in total. The van der Waals surface area contributed by atoms with Crippen molar-refractivity contribution in [1.29, 1.82) is 0 Å². The van der Waals surface area contributed by atoms with E-state index in [1.165, 1.54) is 28.4 Å². The van der Waals surface area contributed by atoms with Crippen molar-refractivity contribution in [2.75, 3.05) is 7.05 Å². The predicted molar refractivity (Wildman–Crippen MR) is 101 cm³/mol. The number of benzene rings is 2. The lowest BCUT2D eigenvalue weighted by molar-refractivity contribution is -0.137. The van der Waals surface area contributed by atoms with Crippen molar-refractivity contribution in [3.63, 3.8) is 0 Å². The van der Waals surface area contributed by atoms with Crippen LogP contribution in [0.3, 0.4) is 0 Å². The minimum absolute atomic E-state index is 0.124. The van der Waals surface area contributed by atoms with Crippen molar-refractivity contribution in [2.45, 2.75) is 12.7 Å². The van der Waals surface area contributed by atoms with Crippen molar-refractivity contribution in [3.05, 3.63) is 93.2 Å². The van der Waals surface area contributed by atoms with Crippen LogP contribution in [0.1, 0.15) is 36.7 Å². The highest BCUT2D eigenvalue weighted by atomic mass is 32.1. The van der Waals surface area contributed by atoms with Crippen LogP contribution in [0.25, 0.3) is 0 Å². The van der Waals surface area contributed by atoms with Gasteiger partial charge in [-0.25, -0.2) is 0 Å². The lowest BCUT2D eigenvalue weighted by atomic mass is 10.0. The minimum atomic E-state index is -4.40. The average Bonchev–Trinajstić information content (AvgIpc) is 3.21. The van der Waals surface area contributed by atoms with E-state index in [0.29, 0.717) is 16.0 Å². The zero-order valence-corrected chi connectivity index (χ0v) is 15.7. The SMILES string of the molecule is CN(Cc1ccc(C(F)(F)F)cc1)C(=O)c1ccccc1C(=O)c1cccs1. The zero-order chi connectivity index (χ0) is 20.3. The number of alkyl halides is 3. The van der Waals surface area contributed by atoms with Gasteiger partial charge in [-0.15, -0.1) is 11.3 Å². The molecule has 1 amide bonds. The summed E-state index contributed by atoms with van der Waals surface area (Å²) in [5, 5.41) is 1.79. The molecule has 1 aromatic heterocycles. The second-order valence-corrected chi connectivity index (χ2v) is 7.16. The van der Waals surface area contributed by atoms with E-state index in [0.717, 1.165) is 12.1 Å². The summed E-state index contributed by atoms with van der Waals surface area (Å²) in [6, 6.07) is 14.7. The normalized spacial score (nSPS) is 11.3. The number of hydrogen-bond acceptors (Lipinski definition) is 3. The number of ketones is 1. The molecular formula is C21H16F3NO2S. The van der Waals surface area contributed by atoms with Gasteiger partial charge in [0.15, 0.2) is 0 Å². The van der Waals surface area contributed by atoms with Crippen LogP contribution in [0, 0.1) is 0 Å². The Morgan fingerprint density at radius 2 is 1.57 bits per heavy atom. The zero-order valence-electron chi connectivity index (χ0n) is 14.9. The highest BCUT2D eigenvalue weighted by Crippen LogP contribution is 2.29. The van der Waals surface area contributed by atoms with E-state index < -0.39 is 11.7 Å². The maximum Gasteiger partial charge on any atom is 0.416 e. The highest BCUT2D eigenvalue weighted by molar-refractivity contribution is 7.12. The lowest BCUT2D eigenvalue weighted by Gasteiger charge is -2.19. The molecule has 28 heavy (non-hydrogen) atoms. The summed E-state index contributed by atoms with van der Waals surface area (Å²) in [4.78, 5) is 27.5. The number of rotatable bonds is 5. The van der Waals surface area contributed by atoms with Crippen LogP contribution in [0.5, 0.6) is 0 Å². The van der Waals surface area contributed by atoms with Crippen LogP contribution in [0.4, 0.5) is 13.2 Å². The molecule has 0 fully saturated rings. The summed E-state index contributed by atoms with van der Waals surface area (Å²) in [6.07, 6.45) is -4.40. The Morgan fingerprint density at radius 3 is 2.14 bits per heavy atom. The molecule has 0 radical (unpaired) electrons. The molecule has 2 aromatic carbocycles. The smallest absolute Gasteiger partial charge is 0.337 e. The maximum absolute atomic E-state index is 12.9. The number of carbonyl (C=O) groups excluding carboxylic acids is 2. The van der Waals surface area contributed by atoms with Gasteiger partial charge in [0.05, 0.1) is 16.0 Å². The molecular weight excluding hydrogens is 387 g/mol. The molecule has 3 rings (SSSR count). The topological polar surface area (TPSA) is 37.4 Å². The van der Waals surface area contributed by atoms with Gasteiger partial charge in [0, 0.05) is 19.2 Å². The molecule has 0 saturated heterocycles. The van der Waals surface area contributed by atoms with Crippen LogP contribution < -0.4 is 0 Å². The van der Waals surface area contributed by atoms with E-state index in [1.54, 1.807) is 48.8 Å². The summed E-state index contributed by atoms with van der Waals surface area (Å²) in [6.45, 7) is 0.124. The fourth-order valence-electron chi connectivity index (χ4n) is 2.76. The van der Waals surface area contributed by atoms with Crippen LogP contribution in [-0.2, 0) is 12.7 Å². The van der Waals surface area contributed by atoms with E-state index in [1.807, 2.05) is 0 Å². The first-order valence-corrected chi connectivity index (χ1v) is 9.24. The Hall–Kier alpha value is -2.93. The Balaban J connectivity index is 1.80. The molecule has 0 N–H and O–H groups in total. The Morgan fingerprint density at radius 1 is 0.929 bits per heavy atom. The molecule has 0 spiro atoms. The molecule has 144 valence electrons. The van der Waals surface area contributed by atoms with Crippen molar-refractivity contribution in [1.82, 2.24) is 4.90 Å². The minimum Gasteiger partial charge on any atom is -0.337 e. The average molecular weight is 403 g/mol. The predicted octanol–water partition coefficient (Wildman–Crippen LogP) is 5.27. The fraction of sp³-hybridized carbons (Fsp3) is 0.143. The van der Waals surface area contributed by atoms with Crippen LogP contribution in [0.2, 0.25) is 0 Å². The van der Waals surface area contributed by atoms with Gasteiger partial charge in [0.2, 0.25) is 5.78 Å². The molecule has 0 aliphatic carbocycles. The first-order valence-electron chi connectivity index (χ1n) is 8.36. The van der Waals surface area contributed by atoms with Gasteiger partial charge in [-0.1, -0.05) is 36.4 Å². The van der Waals surface area contributed by atoms with Gasteiger partial charge in [0.1, 0.15) is 0 Å². The van der Waals surface area contributed by atoms with Gasteiger partial charge in [0.25, 0.3) is 5.91 Å². The molecule has 0 saturated carbocycles. The van der Waals surface area contributed by atoms with Crippen molar-refractivity contribution in [3.8, 4) is 0 Å². The largest absolute Gasteiger partial charge is 0.416 e. The number of thiophene rings is 1. The maximum atomic E-state index is 12.9. The number of amides is 1. The van der Waals surface area contributed by atoms with E-state index in [4.69, 9.17) is 0 Å².